The van der Waals surface area contributed by atoms with Crippen molar-refractivity contribution in [3.8, 4) is 0 Å². The van der Waals surface area contributed by atoms with Crippen molar-refractivity contribution < 1.29 is 81.1 Å². The van der Waals surface area contributed by atoms with Crippen molar-refractivity contribution in [2.45, 2.75) is 31.2 Å². The number of carbonyl (C=O) groups excluding carboxylic acids is 2. The van der Waals surface area contributed by atoms with Crippen LogP contribution in [0.25, 0.3) is 0 Å². The Morgan fingerprint density at radius 1 is 0.833 bits per heavy atom. The van der Waals surface area contributed by atoms with Gasteiger partial charge in [0, 0.05) is 39.0 Å². The van der Waals surface area contributed by atoms with Gasteiger partial charge in [0.05, 0.1) is 7.11 Å². The van der Waals surface area contributed by atoms with Crippen LogP contribution in [0.5, 0.6) is 0 Å². The molecule has 0 saturated heterocycles. The molecule has 30 heavy (non-hydrogen) atoms. The van der Waals surface area contributed by atoms with Gasteiger partial charge in [-0.3, -0.25) is 4.79 Å². The minimum Gasteiger partial charge on any atom is 0 e. The second kappa shape index (κ2) is 46.2. The number of ether oxygens (including phenoxy) is 2. The van der Waals surface area contributed by atoms with Crippen LogP contribution in [0.4, 0.5) is 4.79 Å². The Kier molecular flexibility index (Phi) is 87.6. The molecule has 0 aliphatic rings. The first kappa shape index (κ1) is 56.8. The number of amides is 1. The molecule has 0 fully saturated rings. The molecule has 0 bridgehead atoms. The van der Waals surface area contributed by atoms with Gasteiger partial charge in [-0.1, -0.05) is 0 Å². The monoisotopic (exact) mass is 545 g/mol. The van der Waals surface area contributed by atoms with E-state index < -0.39 is 22.5 Å². The third-order valence-electron chi connectivity index (χ3n) is 1.42. The molecule has 0 rings (SSSR count). The van der Waals surface area contributed by atoms with Gasteiger partial charge in [0.2, 0.25) is 0 Å². The summed E-state index contributed by atoms with van der Waals surface area (Å²) in [6.07, 6.45) is -0.794. The summed E-state index contributed by atoms with van der Waals surface area (Å²) in [5.41, 5.74) is -0.669. The average Bonchev–Trinajstić information content (AvgIpc) is 2.74. The zero-order valence-electron chi connectivity index (χ0n) is 15.8. The fourth-order valence-corrected chi connectivity index (χ4v) is 1.14. The van der Waals surface area contributed by atoms with Gasteiger partial charge < -0.3 is 40.0 Å². The molecule has 1 N–H and O–H groups in total. The molecular weight excluding hydrogens is 530 g/mol. The summed E-state index contributed by atoms with van der Waals surface area (Å²) in [6, 6.07) is 0. The number of alkyl carbamates (subject to hydrolysis) is 1. The Hall–Kier alpha value is -1.08. The molecule has 0 heterocycles. The molecule has 1 atom stereocenters. The molecule has 0 unspecified atom stereocenters. The predicted molar refractivity (Wildman–Crippen MR) is 87.3 cm³/mol. The maximum Gasteiger partial charge on any atom is 0 e. The molecule has 15 heteroatoms. The normalized spacial score (nSPS) is 8.33. The van der Waals surface area contributed by atoms with E-state index in [1.807, 2.05) is 0 Å². The SMILES string of the molecule is COC(=O)[C@@]([S-])(C[S-])NC(=O)OC(C)(C)C.[C-]#[O+].[C-]#[O+].[C-]#[O+].[C-]#[O+].[C-]#[O+].[C-]#[O+].[Fe].[Fe]. The number of carbonyl (C=O) groups is 2. The van der Waals surface area contributed by atoms with Crippen LogP contribution in [0.1, 0.15) is 20.8 Å². The molecule has 1 amide bonds. The van der Waals surface area contributed by atoms with E-state index in [1.54, 1.807) is 20.8 Å². The van der Waals surface area contributed by atoms with Crippen LogP contribution in [-0.2, 0) is 102 Å². The second-order valence-electron chi connectivity index (χ2n) is 4.09. The minimum atomic E-state index is -1.65. The van der Waals surface area contributed by atoms with Crippen molar-refractivity contribution in [1.29, 1.82) is 0 Å². The van der Waals surface area contributed by atoms with Crippen molar-refractivity contribution in [3.05, 3.63) is 39.9 Å². The van der Waals surface area contributed by atoms with Gasteiger partial charge in [0.1, 0.15) is 5.60 Å². The standard InChI is InChI=1S/C9H17NO4S2.6CO.2Fe/c1-8(2,3)14-7(12)10-9(16,5-15)6(11)13-4;6*1-2;;/h15-16H,5H2,1-4H3,(H,10,12);;;;;;;;/p-2/t9-;;;;;;;;/m0......../s1. The van der Waals surface area contributed by atoms with E-state index in [4.69, 9.17) is 57.9 Å². The van der Waals surface area contributed by atoms with E-state index in [2.05, 4.69) is 50.0 Å². The van der Waals surface area contributed by atoms with Gasteiger partial charge in [-0.05, 0) is 20.8 Å². The van der Waals surface area contributed by atoms with Crippen molar-refractivity contribution in [2.75, 3.05) is 12.9 Å². The predicted octanol–water partition coefficient (Wildman–Crippen LogP) is 0.244. The summed E-state index contributed by atoms with van der Waals surface area (Å²) in [6.45, 7) is 32.1. The Bertz CT molecular complexity index is 467. The van der Waals surface area contributed by atoms with Crippen LogP contribution in [0, 0.1) is 39.9 Å². The first-order valence-corrected chi connectivity index (χ1v) is 6.74. The molecule has 0 saturated carbocycles. The van der Waals surface area contributed by atoms with E-state index in [0.717, 1.165) is 0 Å². The molecule has 0 aliphatic carbocycles. The topological polar surface area (TPSA) is 184 Å². The Balaban J connectivity index is -0.0000000386. The van der Waals surface area contributed by atoms with E-state index in [9.17, 15) is 9.59 Å². The van der Waals surface area contributed by atoms with E-state index in [1.165, 1.54) is 7.11 Å². The number of nitrogens with one attached hydrogen (secondary N) is 1. The first-order chi connectivity index (χ1) is 13.1. The zero-order chi connectivity index (χ0) is 25.0. The third kappa shape index (κ3) is 45.6. The molecule has 170 valence electrons. The fourth-order valence-electron chi connectivity index (χ4n) is 0.779. The van der Waals surface area contributed by atoms with Crippen molar-refractivity contribution >= 4 is 37.3 Å². The number of methoxy groups -OCH3 is 1. The molecule has 0 spiro atoms. The van der Waals surface area contributed by atoms with Gasteiger partial charge in [0.25, 0.3) is 0 Å². The van der Waals surface area contributed by atoms with Gasteiger partial charge in [0.15, 0.2) is 0 Å². The quantitative estimate of drug-likeness (QED) is 0.174. The summed E-state index contributed by atoms with van der Waals surface area (Å²) >= 11 is 9.61. The Morgan fingerprint density at radius 3 is 1.27 bits per heavy atom. The van der Waals surface area contributed by atoms with Crippen LogP contribution >= 0.6 is 0 Å². The van der Waals surface area contributed by atoms with Crippen LogP contribution in [-0.4, -0.2) is 35.4 Å². The van der Waals surface area contributed by atoms with Crippen LogP contribution in [0.15, 0.2) is 0 Å². The van der Waals surface area contributed by atoms with E-state index >= 15 is 0 Å². The molecule has 0 aliphatic heterocycles. The molecule has 0 radical (unpaired) electrons. The van der Waals surface area contributed by atoms with E-state index in [0.29, 0.717) is 0 Å². The Labute approximate surface area is 207 Å². The Morgan fingerprint density at radius 2 is 1.10 bits per heavy atom. The molecule has 11 nitrogen and oxygen atoms in total. The number of rotatable bonds is 3. The smallest absolute Gasteiger partial charge is 0 e. The average molecular weight is 545 g/mol. The molecule has 0 aromatic carbocycles. The van der Waals surface area contributed by atoms with E-state index in [-0.39, 0.29) is 39.9 Å². The van der Waals surface area contributed by atoms with Gasteiger partial charge in [-0.15, -0.1) is 0 Å². The summed E-state index contributed by atoms with van der Waals surface area (Å²) in [4.78, 5) is 21.1. The van der Waals surface area contributed by atoms with Crippen LogP contribution in [0.2, 0.25) is 0 Å². The molecule has 0 aromatic rings. The number of esters is 1. The third-order valence-corrected chi connectivity index (χ3v) is 2.45. The van der Waals surface area contributed by atoms with Crippen molar-refractivity contribution in [2.24, 2.45) is 0 Å². The fraction of sp³-hybridized carbons (Fsp3) is 0.467. The largest absolute Gasteiger partial charge is 0 e. The van der Waals surface area contributed by atoms with Gasteiger partial charge >= 0.3 is 79.9 Å². The summed E-state index contributed by atoms with van der Waals surface area (Å²) in [5, 5.41) is 2.23. The minimum absolute atomic E-state index is 0. The zero-order valence-corrected chi connectivity index (χ0v) is 19.7. The maximum atomic E-state index is 11.4. The molecular formula is C15H15Fe2NO10S2-2. The van der Waals surface area contributed by atoms with Crippen molar-refractivity contribution in [3.63, 3.8) is 0 Å². The van der Waals surface area contributed by atoms with Gasteiger partial charge in [-0.2, -0.15) is 5.75 Å². The summed E-state index contributed by atoms with van der Waals surface area (Å²) in [7, 11) is 1.17. The first-order valence-electron chi connectivity index (χ1n) is 5.75. The number of hydrogen-bond acceptors (Lipinski definition) is 6. The van der Waals surface area contributed by atoms with Crippen molar-refractivity contribution in [1.82, 2.24) is 5.32 Å². The summed E-state index contributed by atoms with van der Waals surface area (Å²) in [5.74, 6) is -0.947. The summed E-state index contributed by atoms with van der Waals surface area (Å²) < 4.78 is 54.4. The van der Waals surface area contributed by atoms with Gasteiger partial charge in [-0.25, -0.2) is 4.79 Å². The number of hydrogen-bond donors (Lipinski definition) is 1. The maximum absolute atomic E-state index is 11.4. The second-order valence-corrected chi connectivity index (χ2v) is 5.08. The molecule has 0 aromatic heterocycles. The van der Waals surface area contributed by atoms with Crippen LogP contribution in [0.3, 0.4) is 0 Å². The van der Waals surface area contributed by atoms with Crippen LogP contribution < -0.4 is 5.32 Å².